The van der Waals surface area contributed by atoms with E-state index < -0.39 is 0 Å². The Kier molecular flexibility index (Phi) is 2.60. The molecule has 0 aliphatic heterocycles. The summed E-state index contributed by atoms with van der Waals surface area (Å²) in [6, 6.07) is 5.20. The first-order chi connectivity index (χ1) is 7.26. The van der Waals surface area contributed by atoms with Crippen LogP contribution in [-0.4, -0.2) is 17.1 Å². The lowest BCUT2D eigenvalue weighted by Crippen LogP contribution is -2.11. The molecule has 1 heterocycles. The lowest BCUT2D eigenvalue weighted by Gasteiger charge is -2.04. The zero-order valence-electron chi connectivity index (χ0n) is 8.08. The fourth-order valence-corrected chi connectivity index (χ4v) is 1.54. The minimum Gasteiger partial charge on any atom is -0.494 e. The average Bonchev–Trinajstić information content (AvgIpc) is 2.28. The largest absolute Gasteiger partial charge is 0.494 e. The van der Waals surface area contributed by atoms with Gasteiger partial charge in [-0.25, -0.2) is 4.98 Å². The summed E-state index contributed by atoms with van der Waals surface area (Å²) in [4.78, 5) is 18.4. The third-order valence-electron chi connectivity index (χ3n) is 2.09. The van der Waals surface area contributed by atoms with Crippen molar-refractivity contribution in [1.29, 1.82) is 0 Å². The topological polar surface area (TPSA) is 55.0 Å². The van der Waals surface area contributed by atoms with Crippen LogP contribution in [0.5, 0.6) is 5.75 Å². The SMILES string of the molecule is COc1cccc2c(=O)[nH]c(CCl)nc12. The van der Waals surface area contributed by atoms with Gasteiger partial charge in [-0.15, -0.1) is 11.6 Å². The Morgan fingerprint density at radius 2 is 2.33 bits per heavy atom. The molecule has 0 amide bonds. The van der Waals surface area contributed by atoms with Gasteiger partial charge >= 0.3 is 0 Å². The van der Waals surface area contributed by atoms with Crippen LogP contribution in [0, 0.1) is 0 Å². The van der Waals surface area contributed by atoms with E-state index in [-0.39, 0.29) is 11.4 Å². The number of para-hydroxylation sites is 1. The number of H-pyrrole nitrogens is 1. The molecule has 5 heteroatoms. The molecular formula is C10H9ClN2O2. The van der Waals surface area contributed by atoms with Crippen molar-refractivity contribution in [2.24, 2.45) is 0 Å². The quantitative estimate of drug-likeness (QED) is 0.790. The number of aromatic amines is 1. The van der Waals surface area contributed by atoms with Crippen molar-refractivity contribution in [2.45, 2.75) is 5.88 Å². The molecule has 0 saturated heterocycles. The molecule has 0 fully saturated rings. The molecule has 2 aromatic rings. The molecule has 15 heavy (non-hydrogen) atoms. The van der Waals surface area contributed by atoms with E-state index in [0.717, 1.165) is 0 Å². The van der Waals surface area contributed by atoms with Crippen molar-refractivity contribution in [3.63, 3.8) is 0 Å². The number of alkyl halides is 1. The highest BCUT2D eigenvalue weighted by Crippen LogP contribution is 2.20. The molecule has 78 valence electrons. The normalized spacial score (nSPS) is 10.5. The summed E-state index contributed by atoms with van der Waals surface area (Å²) in [5.74, 6) is 1.19. The third-order valence-corrected chi connectivity index (χ3v) is 2.35. The zero-order valence-corrected chi connectivity index (χ0v) is 8.84. The molecule has 0 aliphatic rings. The van der Waals surface area contributed by atoms with E-state index in [1.54, 1.807) is 18.2 Å². The number of fused-ring (bicyclic) bond motifs is 1. The van der Waals surface area contributed by atoms with Crippen molar-refractivity contribution >= 4 is 22.5 Å². The van der Waals surface area contributed by atoms with Crippen molar-refractivity contribution in [3.8, 4) is 5.75 Å². The highest BCUT2D eigenvalue weighted by molar-refractivity contribution is 6.16. The molecule has 1 aromatic heterocycles. The molecule has 0 radical (unpaired) electrons. The molecular weight excluding hydrogens is 216 g/mol. The van der Waals surface area contributed by atoms with Gasteiger partial charge in [0.25, 0.3) is 5.56 Å². The van der Waals surface area contributed by atoms with Crippen molar-refractivity contribution in [1.82, 2.24) is 9.97 Å². The number of hydrogen-bond donors (Lipinski definition) is 1. The second kappa shape index (κ2) is 3.90. The first kappa shape index (κ1) is 9.98. The van der Waals surface area contributed by atoms with Gasteiger partial charge in [0, 0.05) is 0 Å². The van der Waals surface area contributed by atoms with E-state index >= 15 is 0 Å². The average molecular weight is 225 g/mol. The number of hydrogen-bond acceptors (Lipinski definition) is 3. The second-order valence-electron chi connectivity index (χ2n) is 3.00. The second-order valence-corrected chi connectivity index (χ2v) is 3.27. The van der Waals surface area contributed by atoms with Gasteiger partial charge in [-0.3, -0.25) is 4.79 Å². The van der Waals surface area contributed by atoms with Gasteiger partial charge < -0.3 is 9.72 Å². The first-order valence-corrected chi connectivity index (χ1v) is 4.91. The maximum atomic E-state index is 11.6. The van der Waals surface area contributed by atoms with Crippen molar-refractivity contribution < 1.29 is 4.74 Å². The summed E-state index contributed by atoms with van der Waals surface area (Å²) in [6.45, 7) is 0. The molecule has 0 bridgehead atoms. The third kappa shape index (κ3) is 1.68. The fraction of sp³-hybridized carbons (Fsp3) is 0.200. The van der Waals surface area contributed by atoms with E-state index in [1.165, 1.54) is 7.11 Å². The summed E-state index contributed by atoms with van der Waals surface area (Å²) in [5, 5.41) is 0.503. The highest BCUT2D eigenvalue weighted by atomic mass is 35.5. The van der Waals surface area contributed by atoms with Crippen LogP contribution in [0.15, 0.2) is 23.0 Å². The van der Waals surface area contributed by atoms with Crippen LogP contribution in [-0.2, 0) is 5.88 Å². The summed E-state index contributed by atoms with van der Waals surface area (Å²) >= 11 is 5.62. The number of ether oxygens (including phenoxy) is 1. The minimum absolute atomic E-state index is 0.170. The Labute approximate surface area is 90.9 Å². The van der Waals surface area contributed by atoms with E-state index in [2.05, 4.69) is 9.97 Å². The van der Waals surface area contributed by atoms with E-state index in [0.29, 0.717) is 22.5 Å². The smallest absolute Gasteiger partial charge is 0.258 e. The monoisotopic (exact) mass is 224 g/mol. The lowest BCUT2D eigenvalue weighted by molar-refractivity contribution is 0.418. The van der Waals surface area contributed by atoms with Gasteiger partial charge in [0.1, 0.15) is 17.1 Å². The van der Waals surface area contributed by atoms with Gasteiger partial charge in [0.2, 0.25) is 0 Å². The Hall–Kier alpha value is -1.55. The Bertz CT molecular complexity index is 551. The number of aromatic nitrogens is 2. The molecule has 0 aliphatic carbocycles. The Morgan fingerprint density at radius 1 is 1.53 bits per heavy atom. The molecule has 4 nitrogen and oxygen atoms in total. The number of benzene rings is 1. The first-order valence-electron chi connectivity index (χ1n) is 4.38. The van der Waals surface area contributed by atoms with Crippen molar-refractivity contribution in [2.75, 3.05) is 7.11 Å². The molecule has 0 spiro atoms. The highest BCUT2D eigenvalue weighted by Gasteiger charge is 2.07. The summed E-state index contributed by atoms with van der Waals surface area (Å²) in [6.07, 6.45) is 0. The molecule has 2 rings (SSSR count). The lowest BCUT2D eigenvalue weighted by atomic mass is 10.2. The summed E-state index contributed by atoms with van der Waals surface area (Å²) in [5.41, 5.74) is 0.342. The molecule has 0 saturated carbocycles. The van der Waals surface area contributed by atoms with Crippen molar-refractivity contribution in [3.05, 3.63) is 34.4 Å². The van der Waals surface area contributed by atoms with Crippen LogP contribution in [0.4, 0.5) is 0 Å². The summed E-state index contributed by atoms with van der Waals surface area (Å²) in [7, 11) is 1.54. The van der Waals surface area contributed by atoms with Gasteiger partial charge in [-0.1, -0.05) is 6.07 Å². The van der Waals surface area contributed by atoms with Gasteiger partial charge in [0.15, 0.2) is 0 Å². The summed E-state index contributed by atoms with van der Waals surface area (Å²) < 4.78 is 5.12. The maximum absolute atomic E-state index is 11.6. The maximum Gasteiger partial charge on any atom is 0.258 e. The van der Waals surface area contributed by atoms with E-state index in [9.17, 15) is 4.79 Å². The van der Waals surface area contributed by atoms with Crippen LogP contribution in [0.3, 0.4) is 0 Å². The molecule has 0 unspecified atom stereocenters. The van der Waals surface area contributed by atoms with E-state index in [4.69, 9.17) is 16.3 Å². The Morgan fingerprint density at radius 3 is 3.00 bits per heavy atom. The zero-order chi connectivity index (χ0) is 10.8. The predicted octanol–water partition coefficient (Wildman–Crippen LogP) is 1.67. The number of nitrogens with one attached hydrogen (secondary N) is 1. The molecule has 1 N–H and O–H groups in total. The molecule has 1 aromatic carbocycles. The number of rotatable bonds is 2. The van der Waals surface area contributed by atoms with E-state index in [1.807, 2.05) is 0 Å². The number of halogens is 1. The standard InChI is InChI=1S/C10H9ClN2O2/c1-15-7-4-2-3-6-9(7)12-8(5-11)13-10(6)14/h2-4H,5H2,1H3,(H,12,13,14). The van der Waals surface area contributed by atoms with Gasteiger partial charge in [-0.05, 0) is 12.1 Å². The number of nitrogens with zero attached hydrogens (tertiary/aromatic N) is 1. The van der Waals surface area contributed by atoms with Crippen LogP contribution in [0.25, 0.3) is 10.9 Å². The van der Waals surface area contributed by atoms with Crippen LogP contribution in [0.1, 0.15) is 5.82 Å². The Balaban J connectivity index is 2.85. The van der Waals surface area contributed by atoms with Crippen LogP contribution >= 0.6 is 11.6 Å². The minimum atomic E-state index is -0.199. The fourth-order valence-electron chi connectivity index (χ4n) is 1.41. The van der Waals surface area contributed by atoms with Crippen LogP contribution < -0.4 is 10.3 Å². The molecule has 0 atom stereocenters. The van der Waals surface area contributed by atoms with Gasteiger partial charge in [-0.2, -0.15) is 0 Å². The van der Waals surface area contributed by atoms with Gasteiger partial charge in [0.05, 0.1) is 18.4 Å². The van der Waals surface area contributed by atoms with Crippen LogP contribution in [0.2, 0.25) is 0 Å². The predicted molar refractivity (Wildman–Crippen MR) is 58.5 cm³/mol. The number of methoxy groups -OCH3 is 1.